The van der Waals surface area contributed by atoms with Crippen molar-refractivity contribution < 1.29 is 9.53 Å². The normalized spacial score (nSPS) is 23.3. The van der Waals surface area contributed by atoms with Gasteiger partial charge in [0.1, 0.15) is 12.1 Å². The van der Waals surface area contributed by atoms with E-state index in [1.165, 1.54) is 0 Å². The SMILES string of the molecule is C[C@@H]1CN(C(=O)[C@@H](C)n2cccn2)C[C@H](c2ccccc2)O1. The molecule has 1 aliphatic rings. The molecule has 0 aliphatic carbocycles. The third kappa shape index (κ3) is 3.04. The van der Waals surface area contributed by atoms with Gasteiger partial charge in [-0.3, -0.25) is 9.48 Å². The molecule has 0 radical (unpaired) electrons. The molecule has 5 heteroatoms. The van der Waals surface area contributed by atoms with Crippen LogP contribution in [0.4, 0.5) is 0 Å². The van der Waals surface area contributed by atoms with E-state index < -0.39 is 0 Å². The summed E-state index contributed by atoms with van der Waals surface area (Å²) in [6.07, 6.45) is 3.46. The summed E-state index contributed by atoms with van der Waals surface area (Å²) < 4.78 is 7.70. The number of rotatable bonds is 3. The maximum atomic E-state index is 12.7. The molecule has 2 aromatic rings. The summed E-state index contributed by atoms with van der Waals surface area (Å²) in [6, 6.07) is 11.6. The van der Waals surface area contributed by atoms with Crippen molar-refractivity contribution in [1.82, 2.24) is 14.7 Å². The molecule has 2 heterocycles. The summed E-state index contributed by atoms with van der Waals surface area (Å²) >= 11 is 0. The van der Waals surface area contributed by atoms with Gasteiger partial charge in [0.2, 0.25) is 5.91 Å². The molecule has 1 aromatic carbocycles. The van der Waals surface area contributed by atoms with Crippen molar-refractivity contribution in [2.45, 2.75) is 32.1 Å². The van der Waals surface area contributed by atoms with E-state index in [0.717, 1.165) is 5.56 Å². The van der Waals surface area contributed by atoms with Crippen LogP contribution < -0.4 is 0 Å². The highest BCUT2D eigenvalue weighted by Gasteiger charge is 2.31. The first-order valence-corrected chi connectivity index (χ1v) is 7.63. The number of hydrogen-bond acceptors (Lipinski definition) is 3. The Morgan fingerprint density at radius 1 is 1.27 bits per heavy atom. The average Bonchev–Trinajstić information content (AvgIpc) is 3.08. The predicted octanol–water partition coefficient (Wildman–Crippen LogP) is 2.43. The number of nitrogens with zero attached hydrogens (tertiary/aromatic N) is 3. The Morgan fingerprint density at radius 3 is 2.73 bits per heavy atom. The summed E-state index contributed by atoms with van der Waals surface area (Å²) in [5.74, 6) is 0.0831. The van der Waals surface area contributed by atoms with E-state index in [1.54, 1.807) is 10.9 Å². The minimum absolute atomic E-state index is 0.0210. The van der Waals surface area contributed by atoms with Crippen LogP contribution in [0.5, 0.6) is 0 Å². The first-order valence-electron chi connectivity index (χ1n) is 7.63. The van der Waals surface area contributed by atoms with E-state index in [4.69, 9.17) is 4.74 Å². The molecule has 1 aromatic heterocycles. The minimum atomic E-state index is -0.295. The van der Waals surface area contributed by atoms with Crippen LogP contribution in [-0.2, 0) is 9.53 Å². The van der Waals surface area contributed by atoms with E-state index in [2.05, 4.69) is 5.10 Å². The average molecular weight is 299 g/mol. The molecule has 1 aliphatic heterocycles. The van der Waals surface area contributed by atoms with E-state index in [0.29, 0.717) is 13.1 Å². The van der Waals surface area contributed by atoms with E-state index in [1.807, 2.05) is 61.3 Å². The van der Waals surface area contributed by atoms with Crippen LogP contribution in [0, 0.1) is 0 Å². The molecule has 1 amide bonds. The number of hydrogen-bond donors (Lipinski definition) is 0. The van der Waals surface area contributed by atoms with E-state index >= 15 is 0 Å². The standard InChI is InChI=1S/C17H21N3O2/c1-13-11-19(17(21)14(2)20-10-6-9-18-20)12-16(22-13)15-7-4-3-5-8-15/h3-10,13-14,16H,11-12H2,1-2H3/t13-,14-,16-/m1/s1. The molecule has 0 saturated carbocycles. The molecule has 22 heavy (non-hydrogen) atoms. The number of benzene rings is 1. The van der Waals surface area contributed by atoms with Crippen molar-refractivity contribution in [3.05, 3.63) is 54.4 Å². The van der Waals surface area contributed by atoms with Gasteiger partial charge in [-0.15, -0.1) is 0 Å². The van der Waals surface area contributed by atoms with Gasteiger partial charge in [-0.2, -0.15) is 5.10 Å². The monoisotopic (exact) mass is 299 g/mol. The maximum absolute atomic E-state index is 12.7. The van der Waals surface area contributed by atoms with Crippen LogP contribution in [0.2, 0.25) is 0 Å². The molecule has 0 bridgehead atoms. The first-order chi connectivity index (χ1) is 10.6. The van der Waals surface area contributed by atoms with Gasteiger partial charge >= 0.3 is 0 Å². The molecule has 0 N–H and O–H groups in total. The van der Waals surface area contributed by atoms with Crippen molar-refractivity contribution in [3.8, 4) is 0 Å². The summed E-state index contributed by atoms with van der Waals surface area (Å²) in [4.78, 5) is 14.6. The maximum Gasteiger partial charge on any atom is 0.247 e. The Labute approximate surface area is 130 Å². The molecular formula is C17H21N3O2. The molecule has 3 atom stereocenters. The molecule has 1 saturated heterocycles. The van der Waals surface area contributed by atoms with Crippen LogP contribution in [0.15, 0.2) is 48.8 Å². The second-order valence-corrected chi connectivity index (χ2v) is 5.75. The zero-order valence-corrected chi connectivity index (χ0v) is 12.9. The largest absolute Gasteiger partial charge is 0.367 e. The van der Waals surface area contributed by atoms with Crippen LogP contribution in [-0.4, -0.2) is 39.8 Å². The Bertz CT molecular complexity index is 612. The Morgan fingerprint density at radius 2 is 2.05 bits per heavy atom. The second kappa shape index (κ2) is 6.32. The first kappa shape index (κ1) is 14.8. The number of aromatic nitrogens is 2. The fourth-order valence-corrected chi connectivity index (χ4v) is 2.87. The third-order valence-corrected chi connectivity index (χ3v) is 4.02. The molecule has 3 rings (SSSR count). The molecular weight excluding hydrogens is 278 g/mol. The third-order valence-electron chi connectivity index (χ3n) is 4.02. The number of amides is 1. The fraction of sp³-hybridized carbons (Fsp3) is 0.412. The van der Waals surface area contributed by atoms with E-state index in [9.17, 15) is 4.79 Å². The zero-order chi connectivity index (χ0) is 15.5. The summed E-state index contributed by atoms with van der Waals surface area (Å²) in [6.45, 7) is 5.09. The summed E-state index contributed by atoms with van der Waals surface area (Å²) in [7, 11) is 0. The van der Waals surface area contributed by atoms with Crippen molar-refractivity contribution in [2.75, 3.05) is 13.1 Å². The number of carbonyl (C=O) groups is 1. The lowest BCUT2D eigenvalue weighted by Crippen LogP contribution is -2.48. The molecule has 0 spiro atoms. The van der Waals surface area contributed by atoms with Gasteiger partial charge in [0.05, 0.1) is 12.6 Å². The smallest absolute Gasteiger partial charge is 0.247 e. The van der Waals surface area contributed by atoms with Gasteiger partial charge in [-0.05, 0) is 25.5 Å². The highest BCUT2D eigenvalue weighted by atomic mass is 16.5. The topological polar surface area (TPSA) is 47.4 Å². The van der Waals surface area contributed by atoms with Crippen LogP contribution in [0.1, 0.15) is 31.6 Å². The molecule has 1 fully saturated rings. The summed E-state index contributed by atoms with van der Waals surface area (Å²) in [5, 5.41) is 4.17. The van der Waals surface area contributed by atoms with Crippen molar-refractivity contribution in [2.24, 2.45) is 0 Å². The summed E-state index contributed by atoms with van der Waals surface area (Å²) in [5.41, 5.74) is 1.11. The number of ether oxygens (including phenoxy) is 1. The molecule has 0 unspecified atom stereocenters. The Hall–Kier alpha value is -2.14. The lowest BCUT2D eigenvalue weighted by molar-refractivity contribution is -0.148. The Kier molecular flexibility index (Phi) is 4.24. The molecule has 116 valence electrons. The number of carbonyl (C=O) groups excluding carboxylic acids is 1. The van der Waals surface area contributed by atoms with Gasteiger partial charge in [-0.25, -0.2) is 0 Å². The van der Waals surface area contributed by atoms with Gasteiger partial charge in [0.15, 0.2) is 0 Å². The highest BCUT2D eigenvalue weighted by molar-refractivity contribution is 5.80. The number of morpholine rings is 1. The van der Waals surface area contributed by atoms with Crippen LogP contribution in [0.25, 0.3) is 0 Å². The lowest BCUT2D eigenvalue weighted by atomic mass is 10.1. The van der Waals surface area contributed by atoms with Crippen molar-refractivity contribution in [1.29, 1.82) is 0 Å². The lowest BCUT2D eigenvalue weighted by Gasteiger charge is -2.38. The van der Waals surface area contributed by atoms with Gasteiger partial charge in [0, 0.05) is 18.9 Å². The Balaban J connectivity index is 1.75. The van der Waals surface area contributed by atoms with Gasteiger partial charge in [-0.1, -0.05) is 30.3 Å². The van der Waals surface area contributed by atoms with Crippen LogP contribution >= 0.6 is 0 Å². The fourth-order valence-electron chi connectivity index (χ4n) is 2.87. The van der Waals surface area contributed by atoms with Gasteiger partial charge < -0.3 is 9.64 Å². The molecule has 5 nitrogen and oxygen atoms in total. The highest BCUT2D eigenvalue weighted by Crippen LogP contribution is 2.26. The van der Waals surface area contributed by atoms with Crippen molar-refractivity contribution >= 4 is 5.91 Å². The predicted molar refractivity (Wildman–Crippen MR) is 83.2 cm³/mol. The second-order valence-electron chi connectivity index (χ2n) is 5.75. The zero-order valence-electron chi connectivity index (χ0n) is 12.9. The van der Waals surface area contributed by atoms with Crippen LogP contribution in [0.3, 0.4) is 0 Å². The van der Waals surface area contributed by atoms with E-state index in [-0.39, 0.29) is 24.2 Å². The van der Waals surface area contributed by atoms with Crippen molar-refractivity contribution in [3.63, 3.8) is 0 Å². The van der Waals surface area contributed by atoms with Gasteiger partial charge in [0.25, 0.3) is 0 Å². The quantitative estimate of drug-likeness (QED) is 0.874. The minimum Gasteiger partial charge on any atom is -0.367 e.